The highest BCUT2D eigenvalue weighted by Gasteiger charge is 2.09. The van der Waals surface area contributed by atoms with Gasteiger partial charge in [0.2, 0.25) is 0 Å². The molecule has 0 spiro atoms. The first kappa shape index (κ1) is 11.0. The average Bonchev–Trinajstić information content (AvgIpc) is 2.60. The van der Waals surface area contributed by atoms with E-state index in [1.807, 2.05) is 25.2 Å². The quantitative estimate of drug-likeness (QED) is 0.920. The maximum atomic E-state index is 5.91. The van der Waals surface area contributed by atoms with E-state index in [0.29, 0.717) is 5.82 Å². The van der Waals surface area contributed by atoms with Gasteiger partial charge in [-0.05, 0) is 33.6 Å². The molecule has 0 radical (unpaired) electrons. The summed E-state index contributed by atoms with van der Waals surface area (Å²) in [5.74, 6) is 1.45. The van der Waals surface area contributed by atoms with Crippen molar-refractivity contribution in [2.75, 3.05) is 12.8 Å². The molecule has 2 aromatic rings. The Hall–Kier alpha value is -1.49. The smallest absolute Gasteiger partial charge is 0.133 e. The minimum atomic E-state index is 0.650. The molecule has 0 saturated carbocycles. The number of hydrogen-bond donors (Lipinski definition) is 1. The predicted molar refractivity (Wildman–Crippen MR) is 67.3 cm³/mol. The van der Waals surface area contributed by atoms with Crippen LogP contribution in [0.2, 0.25) is 0 Å². The first-order valence-corrected chi connectivity index (χ1v) is 5.54. The molecule has 1 aromatic carbocycles. The minimum Gasteiger partial charge on any atom is -0.496 e. The zero-order valence-corrected chi connectivity index (χ0v) is 10.7. The van der Waals surface area contributed by atoms with E-state index < -0.39 is 0 Å². The van der Waals surface area contributed by atoms with Crippen molar-refractivity contribution < 1.29 is 4.74 Å². The molecule has 84 valence electrons. The number of aryl methyl sites for hydroxylation is 1. The number of methoxy groups -OCH3 is 1. The lowest BCUT2D eigenvalue weighted by Gasteiger charge is -2.05. The Balaban J connectivity index is 2.49. The van der Waals surface area contributed by atoms with Crippen molar-refractivity contribution in [2.24, 2.45) is 7.05 Å². The fourth-order valence-electron chi connectivity index (χ4n) is 1.50. The Labute approximate surface area is 102 Å². The Morgan fingerprint density at radius 3 is 2.69 bits per heavy atom. The Bertz CT molecular complexity index is 522. The molecular formula is C11H12BrN3O. The molecule has 0 unspecified atom stereocenters. The number of benzene rings is 1. The molecular weight excluding hydrogens is 270 g/mol. The van der Waals surface area contributed by atoms with Crippen LogP contribution < -0.4 is 10.5 Å². The molecule has 0 aliphatic heterocycles. The molecule has 0 aliphatic rings. The second-order valence-electron chi connectivity index (χ2n) is 3.42. The van der Waals surface area contributed by atoms with Crippen LogP contribution in [0.1, 0.15) is 0 Å². The van der Waals surface area contributed by atoms with Crippen LogP contribution in [0.15, 0.2) is 28.9 Å². The van der Waals surface area contributed by atoms with Crippen molar-refractivity contribution >= 4 is 21.7 Å². The summed E-state index contributed by atoms with van der Waals surface area (Å²) in [5, 5.41) is 4.11. The number of rotatable bonds is 2. The standard InChI is InChI=1S/C11H12BrN3O/c1-15-11(13)8(6-14-15)7-3-4-10(16-2)9(12)5-7/h3-6H,13H2,1-2H3. The topological polar surface area (TPSA) is 53.1 Å². The first-order chi connectivity index (χ1) is 7.63. The fraction of sp³-hybridized carbons (Fsp3) is 0.182. The predicted octanol–water partition coefficient (Wildman–Crippen LogP) is 2.44. The molecule has 0 amide bonds. The zero-order chi connectivity index (χ0) is 11.7. The number of nitrogens with two attached hydrogens (primary N) is 1. The Morgan fingerprint density at radius 1 is 1.44 bits per heavy atom. The Kier molecular flexibility index (Phi) is 2.87. The van der Waals surface area contributed by atoms with Gasteiger partial charge in [-0.15, -0.1) is 0 Å². The molecule has 5 heteroatoms. The second kappa shape index (κ2) is 4.17. The third kappa shape index (κ3) is 1.78. The maximum absolute atomic E-state index is 5.91. The SMILES string of the molecule is COc1ccc(-c2cnn(C)c2N)cc1Br. The van der Waals surface area contributed by atoms with Gasteiger partial charge in [0.15, 0.2) is 0 Å². The van der Waals surface area contributed by atoms with Gasteiger partial charge in [-0.2, -0.15) is 5.10 Å². The van der Waals surface area contributed by atoms with Crippen molar-refractivity contribution in [2.45, 2.75) is 0 Å². The largest absolute Gasteiger partial charge is 0.496 e. The fourth-order valence-corrected chi connectivity index (χ4v) is 2.04. The molecule has 16 heavy (non-hydrogen) atoms. The van der Waals surface area contributed by atoms with E-state index in [1.54, 1.807) is 18.0 Å². The monoisotopic (exact) mass is 281 g/mol. The molecule has 0 aliphatic carbocycles. The molecule has 0 bridgehead atoms. The first-order valence-electron chi connectivity index (χ1n) is 4.75. The highest BCUT2D eigenvalue weighted by Crippen LogP contribution is 2.32. The molecule has 2 rings (SSSR count). The molecule has 0 atom stereocenters. The van der Waals surface area contributed by atoms with Crippen molar-refractivity contribution in [1.29, 1.82) is 0 Å². The lowest BCUT2D eigenvalue weighted by atomic mass is 10.1. The lowest BCUT2D eigenvalue weighted by Crippen LogP contribution is -1.98. The van der Waals surface area contributed by atoms with Crippen LogP contribution in [0.4, 0.5) is 5.82 Å². The molecule has 4 nitrogen and oxygen atoms in total. The van der Waals surface area contributed by atoms with E-state index in [9.17, 15) is 0 Å². The number of aromatic nitrogens is 2. The van der Waals surface area contributed by atoms with Crippen molar-refractivity contribution in [1.82, 2.24) is 9.78 Å². The highest BCUT2D eigenvalue weighted by molar-refractivity contribution is 9.10. The van der Waals surface area contributed by atoms with Crippen molar-refractivity contribution in [3.63, 3.8) is 0 Å². The summed E-state index contributed by atoms with van der Waals surface area (Å²) in [6, 6.07) is 5.81. The van der Waals surface area contributed by atoms with Gasteiger partial charge in [-0.3, -0.25) is 4.68 Å². The maximum Gasteiger partial charge on any atom is 0.133 e. The Morgan fingerprint density at radius 2 is 2.19 bits per heavy atom. The van der Waals surface area contributed by atoms with Crippen LogP contribution in [0.5, 0.6) is 5.75 Å². The van der Waals surface area contributed by atoms with Gasteiger partial charge in [0.1, 0.15) is 11.6 Å². The summed E-state index contributed by atoms with van der Waals surface area (Å²) >= 11 is 3.44. The number of anilines is 1. The van der Waals surface area contributed by atoms with Gasteiger partial charge in [0, 0.05) is 12.6 Å². The summed E-state index contributed by atoms with van der Waals surface area (Å²) in [5.41, 5.74) is 7.84. The highest BCUT2D eigenvalue weighted by atomic mass is 79.9. The van der Waals surface area contributed by atoms with Crippen LogP contribution >= 0.6 is 15.9 Å². The van der Waals surface area contributed by atoms with Crippen LogP contribution in [0.3, 0.4) is 0 Å². The number of hydrogen-bond acceptors (Lipinski definition) is 3. The van der Waals surface area contributed by atoms with Crippen LogP contribution in [0.25, 0.3) is 11.1 Å². The summed E-state index contributed by atoms with van der Waals surface area (Å²) in [7, 11) is 3.45. The van der Waals surface area contributed by atoms with E-state index >= 15 is 0 Å². The third-order valence-corrected chi connectivity index (χ3v) is 3.07. The number of nitrogen functional groups attached to an aromatic ring is 1. The normalized spacial score (nSPS) is 10.4. The average molecular weight is 282 g/mol. The van der Waals surface area contributed by atoms with Gasteiger partial charge < -0.3 is 10.5 Å². The number of nitrogens with zero attached hydrogens (tertiary/aromatic N) is 2. The van der Waals surface area contributed by atoms with E-state index in [2.05, 4.69) is 21.0 Å². The summed E-state index contributed by atoms with van der Waals surface area (Å²) in [6.07, 6.45) is 1.75. The van der Waals surface area contributed by atoms with Crippen LogP contribution in [-0.2, 0) is 7.05 Å². The van der Waals surface area contributed by atoms with Gasteiger partial charge in [-0.25, -0.2) is 0 Å². The van der Waals surface area contributed by atoms with E-state index in [4.69, 9.17) is 10.5 Å². The van der Waals surface area contributed by atoms with Crippen molar-refractivity contribution in [3.05, 3.63) is 28.9 Å². The molecule has 0 saturated heterocycles. The molecule has 1 aromatic heterocycles. The summed E-state index contributed by atoms with van der Waals surface area (Å²) < 4.78 is 7.72. The van der Waals surface area contributed by atoms with Gasteiger partial charge in [-0.1, -0.05) is 6.07 Å². The van der Waals surface area contributed by atoms with Crippen LogP contribution in [0, 0.1) is 0 Å². The third-order valence-electron chi connectivity index (χ3n) is 2.45. The molecule has 1 heterocycles. The second-order valence-corrected chi connectivity index (χ2v) is 4.27. The number of ether oxygens (including phenoxy) is 1. The lowest BCUT2D eigenvalue weighted by molar-refractivity contribution is 0.412. The minimum absolute atomic E-state index is 0.650. The van der Waals surface area contributed by atoms with E-state index in [1.165, 1.54) is 0 Å². The van der Waals surface area contributed by atoms with Crippen LogP contribution in [-0.4, -0.2) is 16.9 Å². The summed E-state index contributed by atoms with van der Waals surface area (Å²) in [4.78, 5) is 0. The van der Waals surface area contributed by atoms with Gasteiger partial charge in [0.05, 0.1) is 17.8 Å². The van der Waals surface area contributed by atoms with E-state index in [-0.39, 0.29) is 0 Å². The zero-order valence-electron chi connectivity index (χ0n) is 9.07. The molecule has 2 N–H and O–H groups in total. The van der Waals surface area contributed by atoms with Crippen molar-refractivity contribution in [3.8, 4) is 16.9 Å². The molecule has 0 fully saturated rings. The van der Waals surface area contributed by atoms with Gasteiger partial charge in [0.25, 0.3) is 0 Å². The van der Waals surface area contributed by atoms with E-state index in [0.717, 1.165) is 21.3 Å². The summed E-state index contributed by atoms with van der Waals surface area (Å²) in [6.45, 7) is 0. The van der Waals surface area contributed by atoms with Gasteiger partial charge >= 0.3 is 0 Å². The number of halogens is 1.